The Balaban J connectivity index is 2.78. The van der Waals surface area contributed by atoms with Crippen LogP contribution in [0.3, 0.4) is 0 Å². The molecule has 0 aromatic heterocycles. The summed E-state index contributed by atoms with van der Waals surface area (Å²) in [5.41, 5.74) is 3.14. The highest BCUT2D eigenvalue weighted by molar-refractivity contribution is 5.30. The summed E-state index contributed by atoms with van der Waals surface area (Å²) in [6, 6.07) is 5.75. The van der Waals surface area contributed by atoms with E-state index >= 15 is 0 Å². The highest BCUT2D eigenvalue weighted by atomic mass is 19.4. The fraction of sp³-hybridized carbons (Fsp3) is 0.600. The van der Waals surface area contributed by atoms with E-state index in [9.17, 15) is 13.2 Å². The van der Waals surface area contributed by atoms with Crippen molar-refractivity contribution in [3.05, 3.63) is 34.9 Å². The molecule has 0 fully saturated rings. The topological polar surface area (TPSA) is 21.3 Å². The smallest absolute Gasteiger partial charge is 0.367 e. The highest BCUT2D eigenvalue weighted by Gasteiger charge is 2.37. The van der Waals surface area contributed by atoms with E-state index in [0.717, 1.165) is 23.6 Å². The van der Waals surface area contributed by atoms with E-state index in [1.54, 1.807) is 0 Å². The van der Waals surface area contributed by atoms with Gasteiger partial charge in [-0.2, -0.15) is 13.2 Å². The summed E-state index contributed by atoms with van der Waals surface area (Å²) in [5, 5.41) is 3.17. The third-order valence-corrected chi connectivity index (χ3v) is 3.07. The number of halogens is 3. The Bertz CT molecular complexity index is 411. The van der Waals surface area contributed by atoms with Crippen LogP contribution in [0.25, 0.3) is 0 Å². The number of rotatable bonds is 6. The molecule has 0 bridgehead atoms. The fourth-order valence-corrected chi connectivity index (χ4v) is 2.07. The summed E-state index contributed by atoms with van der Waals surface area (Å²) in [5.74, 6) is 0. The second-order valence-corrected chi connectivity index (χ2v) is 5.05. The molecule has 2 unspecified atom stereocenters. The molecule has 1 aromatic carbocycles. The van der Waals surface area contributed by atoms with E-state index in [4.69, 9.17) is 4.74 Å². The van der Waals surface area contributed by atoms with Gasteiger partial charge in [-0.1, -0.05) is 36.2 Å². The van der Waals surface area contributed by atoms with Gasteiger partial charge in [0.2, 0.25) is 0 Å². The lowest BCUT2D eigenvalue weighted by Crippen LogP contribution is -2.33. The van der Waals surface area contributed by atoms with Gasteiger partial charge in [0.25, 0.3) is 0 Å². The summed E-state index contributed by atoms with van der Waals surface area (Å²) in [6.45, 7) is 7.56. The van der Waals surface area contributed by atoms with Gasteiger partial charge in [-0.05, 0) is 32.9 Å². The number of benzene rings is 1. The predicted octanol–water partition coefficient (Wildman–Crippen LogP) is 3.92. The molecule has 0 saturated heterocycles. The first-order chi connectivity index (χ1) is 9.24. The SMILES string of the molecule is CCNC(COC(C)C(F)(F)F)c1cc(C)cc(C)c1. The van der Waals surface area contributed by atoms with Crippen molar-refractivity contribution in [1.29, 1.82) is 0 Å². The Labute approximate surface area is 118 Å². The molecule has 0 aliphatic heterocycles. The predicted molar refractivity (Wildman–Crippen MR) is 73.8 cm³/mol. The summed E-state index contributed by atoms with van der Waals surface area (Å²) in [4.78, 5) is 0. The Morgan fingerprint density at radius 1 is 1.15 bits per heavy atom. The van der Waals surface area contributed by atoms with Crippen molar-refractivity contribution in [2.75, 3.05) is 13.2 Å². The van der Waals surface area contributed by atoms with Crippen molar-refractivity contribution in [1.82, 2.24) is 5.32 Å². The van der Waals surface area contributed by atoms with Crippen LogP contribution in [-0.2, 0) is 4.74 Å². The third-order valence-electron chi connectivity index (χ3n) is 3.07. The quantitative estimate of drug-likeness (QED) is 0.857. The Morgan fingerprint density at radius 2 is 1.70 bits per heavy atom. The van der Waals surface area contributed by atoms with Crippen LogP contribution < -0.4 is 5.32 Å². The molecule has 1 rings (SSSR count). The van der Waals surface area contributed by atoms with Crippen LogP contribution in [-0.4, -0.2) is 25.4 Å². The zero-order valence-electron chi connectivity index (χ0n) is 12.3. The van der Waals surface area contributed by atoms with Crippen LogP contribution in [0.5, 0.6) is 0 Å². The number of hydrogen-bond donors (Lipinski definition) is 1. The molecule has 0 saturated carbocycles. The zero-order chi connectivity index (χ0) is 15.3. The molecule has 0 spiro atoms. The lowest BCUT2D eigenvalue weighted by Gasteiger charge is -2.23. The standard InChI is InChI=1S/C15H22F3NO/c1-5-19-14(9-20-12(4)15(16,17)18)13-7-10(2)6-11(3)8-13/h6-8,12,14,19H,5,9H2,1-4H3. The van der Waals surface area contributed by atoms with Gasteiger partial charge in [-0.25, -0.2) is 0 Å². The normalized spacial score (nSPS) is 15.2. The fourth-order valence-electron chi connectivity index (χ4n) is 2.07. The molecule has 20 heavy (non-hydrogen) atoms. The van der Waals surface area contributed by atoms with Crippen molar-refractivity contribution in [2.45, 2.75) is 46.0 Å². The minimum Gasteiger partial charge on any atom is -0.367 e. The monoisotopic (exact) mass is 289 g/mol. The molecular weight excluding hydrogens is 267 g/mol. The van der Waals surface area contributed by atoms with Gasteiger partial charge in [0.1, 0.15) is 0 Å². The minimum atomic E-state index is -4.32. The molecule has 0 amide bonds. The van der Waals surface area contributed by atoms with Crippen LogP contribution in [0.2, 0.25) is 0 Å². The van der Waals surface area contributed by atoms with Crippen LogP contribution in [0.1, 0.15) is 36.6 Å². The van der Waals surface area contributed by atoms with Gasteiger partial charge in [-0.15, -0.1) is 0 Å². The number of ether oxygens (including phenoxy) is 1. The molecule has 0 heterocycles. The molecule has 114 valence electrons. The first-order valence-electron chi connectivity index (χ1n) is 6.74. The molecule has 5 heteroatoms. The lowest BCUT2D eigenvalue weighted by molar-refractivity contribution is -0.215. The summed E-state index contributed by atoms with van der Waals surface area (Å²) in [7, 11) is 0. The molecule has 0 aliphatic rings. The van der Waals surface area contributed by atoms with Gasteiger partial charge in [0.15, 0.2) is 6.10 Å². The Kier molecular flexibility index (Phi) is 6.02. The number of nitrogens with one attached hydrogen (secondary N) is 1. The largest absolute Gasteiger partial charge is 0.414 e. The van der Waals surface area contributed by atoms with Crippen LogP contribution >= 0.6 is 0 Å². The maximum atomic E-state index is 12.5. The molecule has 0 aliphatic carbocycles. The van der Waals surface area contributed by atoms with Crippen LogP contribution in [0.4, 0.5) is 13.2 Å². The maximum Gasteiger partial charge on any atom is 0.414 e. The molecule has 2 nitrogen and oxygen atoms in total. The average Bonchev–Trinajstić information content (AvgIpc) is 2.31. The zero-order valence-corrected chi connectivity index (χ0v) is 12.3. The van der Waals surface area contributed by atoms with Crippen LogP contribution in [0.15, 0.2) is 18.2 Å². The second kappa shape index (κ2) is 7.09. The van der Waals surface area contributed by atoms with Gasteiger partial charge < -0.3 is 10.1 Å². The maximum absolute atomic E-state index is 12.5. The van der Waals surface area contributed by atoms with E-state index in [-0.39, 0.29) is 12.6 Å². The first-order valence-corrected chi connectivity index (χ1v) is 6.74. The van der Waals surface area contributed by atoms with Gasteiger partial charge in [0.05, 0.1) is 12.6 Å². The van der Waals surface area contributed by atoms with Crippen molar-refractivity contribution in [2.24, 2.45) is 0 Å². The van der Waals surface area contributed by atoms with E-state index < -0.39 is 12.3 Å². The van der Waals surface area contributed by atoms with Gasteiger partial charge >= 0.3 is 6.18 Å². The van der Waals surface area contributed by atoms with E-state index in [2.05, 4.69) is 5.32 Å². The van der Waals surface area contributed by atoms with Crippen molar-refractivity contribution in [3.63, 3.8) is 0 Å². The Morgan fingerprint density at radius 3 is 2.15 bits per heavy atom. The summed E-state index contributed by atoms with van der Waals surface area (Å²) in [6.07, 6.45) is -6.08. The van der Waals surface area contributed by atoms with Gasteiger partial charge in [-0.3, -0.25) is 0 Å². The molecule has 0 radical (unpaired) electrons. The van der Waals surface area contributed by atoms with Crippen molar-refractivity contribution in [3.8, 4) is 0 Å². The molecular formula is C15H22F3NO. The third kappa shape index (κ3) is 5.13. The van der Waals surface area contributed by atoms with Crippen molar-refractivity contribution >= 4 is 0 Å². The highest BCUT2D eigenvalue weighted by Crippen LogP contribution is 2.24. The average molecular weight is 289 g/mol. The van der Waals surface area contributed by atoms with Crippen molar-refractivity contribution < 1.29 is 17.9 Å². The van der Waals surface area contributed by atoms with E-state index in [0.29, 0.717) is 6.54 Å². The molecule has 1 aromatic rings. The van der Waals surface area contributed by atoms with E-state index in [1.165, 1.54) is 0 Å². The minimum absolute atomic E-state index is 0.00257. The van der Waals surface area contributed by atoms with Crippen LogP contribution in [0, 0.1) is 13.8 Å². The number of alkyl halides is 3. The number of aryl methyl sites for hydroxylation is 2. The summed E-state index contributed by atoms with van der Waals surface area (Å²) >= 11 is 0. The Hall–Kier alpha value is -1.07. The number of likely N-dealkylation sites (N-methyl/N-ethyl adjacent to an activating group) is 1. The lowest BCUT2D eigenvalue weighted by atomic mass is 10.0. The van der Waals surface area contributed by atoms with Gasteiger partial charge in [0, 0.05) is 0 Å². The van der Waals surface area contributed by atoms with E-state index in [1.807, 2.05) is 39.0 Å². The second-order valence-electron chi connectivity index (χ2n) is 5.05. The summed E-state index contributed by atoms with van der Waals surface area (Å²) < 4.78 is 42.4. The number of hydrogen-bond acceptors (Lipinski definition) is 2. The molecule has 1 N–H and O–H groups in total. The molecule has 2 atom stereocenters. The first kappa shape index (κ1) is 17.0.